The van der Waals surface area contributed by atoms with Gasteiger partial charge in [0.25, 0.3) is 0 Å². The standard InChI is InChI=1S/C13H18N2O/c1-2-3-4-7-10-15-12-9-6-5-8-11(12)14-13(15)16/h5-6,8-9H,2-4,7,10H2,1H3,(H,14,16). The Morgan fingerprint density at radius 1 is 1.19 bits per heavy atom. The monoisotopic (exact) mass is 218 g/mol. The Bertz CT molecular complexity index is 510. The molecule has 0 saturated carbocycles. The summed E-state index contributed by atoms with van der Waals surface area (Å²) >= 11 is 0. The smallest absolute Gasteiger partial charge is 0.306 e. The zero-order valence-corrected chi connectivity index (χ0v) is 9.70. The molecule has 0 fully saturated rings. The van der Waals surface area contributed by atoms with Crippen molar-refractivity contribution in [2.24, 2.45) is 0 Å². The largest absolute Gasteiger partial charge is 0.326 e. The maximum absolute atomic E-state index is 11.7. The number of nitrogens with one attached hydrogen (secondary N) is 1. The topological polar surface area (TPSA) is 37.8 Å². The van der Waals surface area contributed by atoms with Crippen LogP contribution in [-0.4, -0.2) is 9.55 Å². The number of hydrogen-bond donors (Lipinski definition) is 1. The summed E-state index contributed by atoms with van der Waals surface area (Å²) < 4.78 is 1.84. The van der Waals surface area contributed by atoms with Crippen molar-refractivity contribution in [1.29, 1.82) is 0 Å². The van der Waals surface area contributed by atoms with Crippen molar-refractivity contribution in [2.45, 2.75) is 39.2 Å². The average molecular weight is 218 g/mol. The molecule has 1 aromatic carbocycles. The van der Waals surface area contributed by atoms with Gasteiger partial charge in [-0.05, 0) is 18.6 Å². The number of imidazole rings is 1. The van der Waals surface area contributed by atoms with E-state index in [1.54, 1.807) is 0 Å². The van der Waals surface area contributed by atoms with Crippen LogP contribution in [0.3, 0.4) is 0 Å². The predicted molar refractivity (Wildman–Crippen MR) is 66.7 cm³/mol. The van der Waals surface area contributed by atoms with Gasteiger partial charge in [-0.2, -0.15) is 0 Å². The highest BCUT2D eigenvalue weighted by atomic mass is 16.1. The molecule has 0 aliphatic carbocycles. The van der Waals surface area contributed by atoms with E-state index in [1.807, 2.05) is 28.8 Å². The second kappa shape index (κ2) is 5.01. The van der Waals surface area contributed by atoms with Crippen LogP contribution in [0.2, 0.25) is 0 Å². The molecule has 0 aliphatic heterocycles. The Kier molecular flexibility index (Phi) is 3.44. The summed E-state index contributed by atoms with van der Waals surface area (Å²) in [7, 11) is 0. The number of fused-ring (bicyclic) bond motifs is 1. The summed E-state index contributed by atoms with van der Waals surface area (Å²) in [5, 5.41) is 0. The maximum atomic E-state index is 11.7. The van der Waals surface area contributed by atoms with E-state index in [0.717, 1.165) is 24.0 Å². The molecule has 0 amide bonds. The highest BCUT2D eigenvalue weighted by molar-refractivity contribution is 5.74. The number of unbranched alkanes of at least 4 members (excludes halogenated alkanes) is 3. The van der Waals surface area contributed by atoms with Crippen LogP contribution in [0.1, 0.15) is 32.6 Å². The quantitative estimate of drug-likeness (QED) is 0.770. The van der Waals surface area contributed by atoms with Gasteiger partial charge in [0.05, 0.1) is 11.0 Å². The van der Waals surface area contributed by atoms with E-state index in [-0.39, 0.29) is 5.69 Å². The van der Waals surface area contributed by atoms with Crippen LogP contribution >= 0.6 is 0 Å². The number of nitrogens with zero attached hydrogens (tertiary/aromatic N) is 1. The molecular formula is C13H18N2O. The van der Waals surface area contributed by atoms with Gasteiger partial charge in [-0.3, -0.25) is 4.57 Å². The summed E-state index contributed by atoms with van der Waals surface area (Å²) in [5.41, 5.74) is 1.96. The molecule has 0 spiro atoms. The molecule has 2 aromatic rings. The number of aromatic nitrogens is 2. The zero-order valence-electron chi connectivity index (χ0n) is 9.70. The number of rotatable bonds is 5. The second-order valence-corrected chi connectivity index (χ2v) is 4.16. The average Bonchev–Trinajstić information content (AvgIpc) is 2.61. The third-order valence-corrected chi connectivity index (χ3v) is 2.92. The van der Waals surface area contributed by atoms with Gasteiger partial charge >= 0.3 is 5.69 Å². The zero-order chi connectivity index (χ0) is 11.4. The van der Waals surface area contributed by atoms with Crippen LogP contribution in [0, 0.1) is 0 Å². The van der Waals surface area contributed by atoms with E-state index in [9.17, 15) is 4.79 Å². The molecule has 86 valence electrons. The van der Waals surface area contributed by atoms with E-state index >= 15 is 0 Å². The number of aromatic amines is 1. The molecule has 0 saturated heterocycles. The van der Waals surface area contributed by atoms with Crippen molar-refractivity contribution in [3.63, 3.8) is 0 Å². The molecule has 0 bridgehead atoms. The minimum atomic E-state index is 0.0118. The molecule has 0 radical (unpaired) electrons. The van der Waals surface area contributed by atoms with Crippen molar-refractivity contribution in [3.05, 3.63) is 34.7 Å². The fourth-order valence-electron chi connectivity index (χ4n) is 2.03. The number of benzene rings is 1. The van der Waals surface area contributed by atoms with Gasteiger partial charge in [0, 0.05) is 6.54 Å². The van der Waals surface area contributed by atoms with Crippen molar-refractivity contribution >= 4 is 11.0 Å². The summed E-state index contributed by atoms with van der Waals surface area (Å²) in [6.45, 7) is 3.01. The predicted octanol–water partition coefficient (Wildman–Crippen LogP) is 2.91. The molecule has 1 N–H and O–H groups in total. The molecular weight excluding hydrogens is 200 g/mol. The van der Waals surface area contributed by atoms with Crippen molar-refractivity contribution in [1.82, 2.24) is 9.55 Å². The first-order chi connectivity index (χ1) is 7.83. The first-order valence-electron chi connectivity index (χ1n) is 6.00. The molecule has 2 rings (SSSR count). The molecule has 16 heavy (non-hydrogen) atoms. The lowest BCUT2D eigenvalue weighted by molar-refractivity contribution is 0.581. The van der Waals surface area contributed by atoms with E-state index in [1.165, 1.54) is 19.3 Å². The van der Waals surface area contributed by atoms with E-state index in [2.05, 4.69) is 11.9 Å². The van der Waals surface area contributed by atoms with Crippen LogP contribution in [0.15, 0.2) is 29.1 Å². The highest BCUT2D eigenvalue weighted by Crippen LogP contribution is 2.10. The molecule has 0 atom stereocenters. The number of para-hydroxylation sites is 2. The van der Waals surface area contributed by atoms with Gasteiger partial charge in [-0.25, -0.2) is 4.79 Å². The Morgan fingerprint density at radius 3 is 2.81 bits per heavy atom. The van der Waals surface area contributed by atoms with Crippen molar-refractivity contribution < 1.29 is 0 Å². The van der Waals surface area contributed by atoms with Crippen LogP contribution in [0.4, 0.5) is 0 Å². The Labute approximate surface area is 95.1 Å². The first kappa shape index (κ1) is 11.0. The minimum Gasteiger partial charge on any atom is -0.306 e. The molecule has 1 heterocycles. The van der Waals surface area contributed by atoms with Crippen LogP contribution in [0.5, 0.6) is 0 Å². The van der Waals surface area contributed by atoms with E-state index in [4.69, 9.17) is 0 Å². The third kappa shape index (κ3) is 2.18. The second-order valence-electron chi connectivity index (χ2n) is 4.16. The Hall–Kier alpha value is -1.51. The SMILES string of the molecule is CCCCCCn1c(=O)[nH]c2ccccc21. The van der Waals surface area contributed by atoms with Crippen LogP contribution in [0.25, 0.3) is 11.0 Å². The minimum absolute atomic E-state index is 0.0118. The molecule has 0 unspecified atom stereocenters. The first-order valence-corrected chi connectivity index (χ1v) is 6.00. The number of aryl methyl sites for hydroxylation is 1. The van der Waals surface area contributed by atoms with Gasteiger partial charge in [0.2, 0.25) is 0 Å². The van der Waals surface area contributed by atoms with Crippen molar-refractivity contribution in [2.75, 3.05) is 0 Å². The van der Waals surface area contributed by atoms with Crippen molar-refractivity contribution in [3.8, 4) is 0 Å². The third-order valence-electron chi connectivity index (χ3n) is 2.92. The normalized spacial score (nSPS) is 11.1. The lowest BCUT2D eigenvalue weighted by atomic mass is 10.2. The Balaban J connectivity index is 2.16. The van der Waals surface area contributed by atoms with Gasteiger partial charge < -0.3 is 4.98 Å². The van der Waals surface area contributed by atoms with Gasteiger partial charge in [0.1, 0.15) is 0 Å². The summed E-state index contributed by atoms with van der Waals surface area (Å²) in [6, 6.07) is 7.85. The van der Waals surface area contributed by atoms with Gasteiger partial charge in [0.15, 0.2) is 0 Å². The van der Waals surface area contributed by atoms with Gasteiger partial charge in [-0.1, -0.05) is 38.3 Å². The van der Waals surface area contributed by atoms with E-state index < -0.39 is 0 Å². The number of H-pyrrole nitrogens is 1. The highest BCUT2D eigenvalue weighted by Gasteiger charge is 2.04. The fourth-order valence-corrected chi connectivity index (χ4v) is 2.03. The van der Waals surface area contributed by atoms with Crippen LogP contribution < -0.4 is 5.69 Å². The summed E-state index contributed by atoms with van der Waals surface area (Å²) in [6.07, 6.45) is 4.75. The maximum Gasteiger partial charge on any atom is 0.326 e. The molecule has 3 heteroatoms. The lowest BCUT2D eigenvalue weighted by Crippen LogP contribution is -2.16. The van der Waals surface area contributed by atoms with Gasteiger partial charge in [-0.15, -0.1) is 0 Å². The summed E-state index contributed by atoms with van der Waals surface area (Å²) in [4.78, 5) is 14.6. The lowest BCUT2D eigenvalue weighted by Gasteiger charge is -2.02. The molecule has 0 aliphatic rings. The molecule has 1 aromatic heterocycles. The number of hydrogen-bond acceptors (Lipinski definition) is 1. The molecule has 3 nitrogen and oxygen atoms in total. The summed E-state index contributed by atoms with van der Waals surface area (Å²) in [5.74, 6) is 0. The van der Waals surface area contributed by atoms with E-state index in [0.29, 0.717) is 0 Å². The Morgan fingerprint density at radius 2 is 2.00 bits per heavy atom. The van der Waals surface area contributed by atoms with Crippen LogP contribution in [-0.2, 0) is 6.54 Å². The fraction of sp³-hybridized carbons (Fsp3) is 0.462.